The second-order valence-corrected chi connectivity index (χ2v) is 6.60. The van der Waals surface area contributed by atoms with E-state index in [-0.39, 0.29) is 6.09 Å². The molecule has 0 aliphatic rings. The standard InChI is InChI=1S/C17H29N3O2/c1-13-12-14(20(5)6)8-9-15(13)18-10-7-11-19-16(21)22-17(2,3)4/h8-9,12,18H,7,10-11H2,1-6H3,(H,19,21). The van der Waals surface area contributed by atoms with Crippen molar-refractivity contribution in [2.24, 2.45) is 0 Å². The number of carbonyl (C=O) groups is 1. The van der Waals surface area contributed by atoms with Gasteiger partial charge in [-0.1, -0.05) is 0 Å². The highest BCUT2D eigenvalue weighted by Crippen LogP contribution is 2.21. The summed E-state index contributed by atoms with van der Waals surface area (Å²) in [6, 6.07) is 6.33. The van der Waals surface area contributed by atoms with Crippen molar-refractivity contribution in [2.75, 3.05) is 37.4 Å². The van der Waals surface area contributed by atoms with E-state index in [2.05, 4.69) is 40.7 Å². The van der Waals surface area contributed by atoms with Gasteiger partial charge in [0.1, 0.15) is 5.60 Å². The monoisotopic (exact) mass is 307 g/mol. The van der Waals surface area contributed by atoms with Gasteiger partial charge in [0.05, 0.1) is 0 Å². The fraction of sp³-hybridized carbons (Fsp3) is 0.588. The smallest absolute Gasteiger partial charge is 0.407 e. The Morgan fingerprint density at radius 3 is 2.45 bits per heavy atom. The maximum Gasteiger partial charge on any atom is 0.407 e. The van der Waals surface area contributed by atoms with Crippen LogP contribution in [-0.2, 0) is 4.74 Å². The normalized spacial score (nSPS) is 11.0. The van der Waals surface area contributed by atoms with Gasteiger partial charge in [0.25, 0.3) is 0 Å². The predicted octanol–water partition coefficient (Wildman–Crippen LogP) is 3.39. The highest BCUT2D eigenvalue weighted by molar-refractivity contribution is 5.67. The third-order valence-corrected chi connectivity index (χ3v) is 3.06. The molecular weight excluding hydrogens is 278 g/mol. The first kappa shape index (κ1) is 18.1. The summed E-state index contributed by atoms with van der Waals surface area (Å²) < 4.78 is 5.18. The maximum absolute atomic E-state index is 11.5. The molecule has 0 atom stereocenters. The number of nitrogens with zero attached hydrogens (tertiary/aromatic N) is 1. The predicted molar refractivity (Wildman–Crippen MR) is 92.8 cm³/mol. The molecule has 0 aliphatic heterocycles. The summed E-state index contributed by atoms with van der Waals surface area (Å²) in [5.41, 5.74) is 3.08. The van der Waals surface area contributed by atoms with E-state index < -0.39 is 5.60 Å². The van der Waals surface area contributed by atoms with Crippen LogP contribution < -0.4 is 15.5 Å². The number of hydrogen-bond donors (Lipinski definition) is 2. The summed E-state index contributed by atoms with van der Waals surface area (Å²) in [4.78, 5) is 13.6. The van der Waals surface area contributed by atoms with Crippen LogP contribution in [0.4, 0.5) is 16.2 Å². The Morgan fingerprint density at radius 2 is 1.91 bits per heavy atom. The van der Waals surface area contributed by atoms with Gasteiger partial charge in [-0.15, -0.1) is 0 Å². The number of rotatable bonds is 6. The van der Waals surface area contributed by atoms with E-state index >= 15 is 0 Å². The van der Waals surface area contributed by atoms with Gasteiger partial charge < -0.3 is 20.3 Å². The van der Waals surface area contributed by atoms with E-state index in [4.69, 9.17) is 4.74 Å². The number of benzene rings is 1. The molecule has 0 heterocycles. The molecular formula is C17H29N3O2. The molecule has 1 rings (SSSR count). The van der Waals surface area contributed by atoms with Crippen LogP contribution in [0.3, 0.4) is 0 Å². The third-order valence-electron chi connectivity index (χ3n) is 3.06. The summed E-state index contributed by atoms with van der Waals surface area (Å²) >= 11 is 0. The van der Waals surface area contributed by atoms with E-state index in [1.165, 1.54) is 11.3 Å². The molecule has 0 unspecified atom stereocenters. The quantitative estimate of drug-likeness (QED) is 0.791. The van der Waals surface area contributed by atoms with Crippen LogP contribution in [0.25, 0.3) is 0 Å². The Morgan fingerprint density at radius 1 is 1.23 bits per heavy atom. The highest BCUT2D eigenvalue weighted by Gasteiger charge is 2.15. The largest absolute Gasteiger partial charge is 0.444 e. The number of amides is 1. The Balaban J connectivity index is 2.29. The zero-order valence-corrected chi connectivity index (χ0v) is 14.6. The Kier molecular flexibility index (Phi) is 6.53. The second kappa shape index (κ2) is 7.92. The van der Waals surface area contributed by atoms with Gasteiger partial charge in [-0.2, -0.15) is 0 Å². The van der Waals surface area contributed by atoms with Gasteiger partial charge in [0.2, 0.25) is 0 Å². The molecule has 0 spiro atoms. The van der Waals surface area contributed by atoms with Crippen LogP contribution in [0.2, 0.25) is 0 Å². The van der Waals surface area contributed by atoms with E-state index in [0.717, 1.165) is 18.7 Å². The van der Waals surface area contributed by atoms with Gasteiger partial charge in [0, 0.05) is 38.6 Å². The van der Waals surface area contributed by atoms with Gasteiger partial charge in [-0.3, -0.25) is 0 Å². The Hall–Kier alpha value is -1.91. The van der Waals surface area contributed by atoms with Crippen molar-refractivity contribution in [2.45, 2.75) is 39.7 Å². The van der Waals surface area contributed by atoms with Crippen LogP contribution in [0.5, 0.6) is 0 Å². The molecule has 124 valence electrons. The van der Waals surface area contributed by atoms with Crippen LogP contribution in [0.15, 0.2) is 18.2 Å². The molecule has 0 bridgehead atoms. The van der Waals surface area contributed by atoms with Crippen LogP contribution in [0.1, 0.15) is 32.8 Å². The van der Waals surface area contributed by atoms with E-state index in [1.807, 2.05) is 34.9 Å². The van der Waals surface area contributed by atoms with Gasteiger partial charge >= 0.3 is 6.09 Å². The van der Waals surface area contributed by atoms with Crippen molar-refractivity contribution >= 4 is 17.5 Å². The first-order chi connectivity index (χ1) is 10.2. The number of hydrogen-bond acceptors (Lipinski definition) is 4. The number of carbonyl (C=O) groups excluding carboxylic acids is 1. The van der Waals surface area contributed by atoms with Crippen molar-refractivity contribution in [3.05, 3.63) is 23.8 Å². The van der Waals surface area contributed by atoms with Crippen molar-refractivity contribution in [1.29, 1.82) is 0 Å². The molecule has 0 saturated carbocycles. The average Bonchev–Trinajstić information content (AvgIpc) is 2.37. The molecule has 1 aromatic carbocycles. The molecule has 1 amide bonds. The zero-order valence-electron chi connectivity index (χ0n) is 14.6. The summed E-state index contributed by atoms with van der Waals surface area (Å²) in [7, 11) is 4.06. The van der Waals surface area contributed by atoms with Crippen LogP contribution >= 0.6 is 0 Å². The minimum atomic E-state index is -0.451. The molecule has 0 radical (unpaired) electrons. The fourth-order valence-corrected chi connectivity index (χ4v) is 1.94. The van der Waals surface area contributed by atoms with Gasteiger partial charge in [-0.05, 0) is 57.9 Å². The molecule has 0 saturated heterocycles. The minimum Gasteiger partial charge on any atom is -0.444 e. The highest BCUT2D eigenvalue weighted by atomic mass is 16.6. The first-order valence-corrected chi connectivity index (χ1v) is 7.68. The second-order valence-electron chi connectivity index (χ2n) is 6.60. The molecule has 22 heavy (non-hydrogen) atoms. The zero-order chi connectivity index (χ0) is 16.8. The van der Waals surface area contributed by atoms with Crippen molar-refractivity contribution in [1.82, 2.24) is 5.32 Å². The van der Waals surface area contributed by atoms with Crippen molar-refractivity contribution in [3.63, 3.8) is 0 Å². The average molecular weight is 307 g/mol. The van der Waals surface area contributed by atoms with Crippen LogP contribution in [-0.4, -0.2) is 38.9 Å². The van der Waals surface area contributed by atoms with E-state index in [0.29, 0.717) is 6.54 Å². The summed E-state index contributed by atoms with van der Waals surface area (Å²) in [6.07, 6.45) is 0.479. The first-order valence-electron chi connectivity index (χ1n) is 7.68. The van der Waals surface area contributed by atoms with Crippen LogP contribution in [0, 0.1) is 6.92 Å². The van der Waals surface area contributed by atoms with Gasteiger partial charge in [0.15, 0.2) is 0 Å². The number of anilines is 2. The summed E-state index contributed by atoms with van der Waals surface area (Å²) in [5, 5.41) is 6.15. The summed E-state index contributed by atoms with van der Waals surface area (Å²) in [6.45, 7) is 9.06. The molecule has 0 aromatic heterocycles. The fourth-order valence-electron chi connectivity index (χ4n) is 1.94. The topological polar surface area (TPSA) is 53.6 Å². The molecule has 0 aliphatic carbocycles. The lowest BCUT2D eigenvalue weighted by Gasteiger charge is -2.19. The number of nitrogens with one attached hydrogen (secondary N) is 2. The third kappa shape index (κ3) is 6.70. The summed E-state index contributed by atoms with van der Waals surface area (Å²) in [5.74, 6) is 0. The van der Waals surface area contributed by atoms with Gasteiger partial charge in [-0.25, -0.2) is 4.79 Å². The molecule has 5 nitrogen and oxygen atoms in total. The molecule has 5 heteroatoms. The Bertz CT molecular complexity index is 493. The molecule has 0 fully saturated rings. The molecule has 1 aromatic rings. The lowest BCUT2D eigenvalue weighted by molar-refractivity contribution is 0.0528. The van der Waals surface area contributed by atoms with Crippen molar-refractivity contribution in [3.8, 4) is 0 Å². The van der Waals surface area contributed by atoms with E-state index in [9.17, 15) is 4.79 Å². The number of aryl methyl sites for hydroxylation is 1. The van der Waals surface area contributed by atoms with Crippen molar-refractivity contribution < 1.29 is 9.53 Å². The lowest BCUT2D eigenvalue weighted by Crippen LogP contribution is -2.33. The number of ether oxygens (including phenoxy) is 1. The SMILES string of the molecule is Cc1cc(N(C)C)ccc1NCCCNC(=O)OC(C)(C)C. The maximum atomic E-state index is 11.5. The molecule has 2 N–H and O–H groups in total. The number of alkyl carbamates (subject to hydrolysis) is 1. The minimum absolute atomic E-state index is 0.362. The van der Waals surface area contributed by atoms with E-state index in [1.54, 1.807) is 0 Å². The Labute approximate surface area is 134 Å². The lowest BCUT2D eigenvalue weighted by atomic mass is 10.1.